The van der Waals surface area contributed by atoms with E-state index in [0.717, 1.165) is 13.1 Å². The first-order valence-electron chi connectivity index (χ1n) is 5.60. The summed E-state index contributed by atoms with van der Waals surface area (Å²) < 4.78 is 42.6. The van der Waals surface area contributed by atoms with Gasteiger partial charge in [0.05, 0.1) is 18.9 Å². The fraction of sp³-hybridized carbons (Fsp3) is 0.636. The Morgan fingerprint density at radius 3 is 2.37 bits per heavy atom. The Bertz CT molecular complexity index is 340. The molecule has 112 valence electrons. The molecule has 2 rings (SSSR count). The van der Waals surface area contributed by atoms with E-state index in [1.165, 1.54) is 12.5 Å². The average molecular weight is 321 g/mol. The number of hydrogen-bond donors (Lipinski definition) is 1. The zero-order chi connectivity index (χ0) is 12.3. The topological polar surface area (TPSA) is 28.4 Å². The van der Waals surface area contributed by atoms with Crippen LogP contribution in [0.25, 0.3) is 0 Å². The zero-order valence-electron chi connectivity index (χ0n) is 10.2. The van der Waals surface area contributed by atoms with Gasteiger partial charge in [-0.1, -0.05) is 0 Å². The molecule has 1 atom stereocenters. The fourth-order valence-electron chi connectivity index (χ4n) is 2.14. The second-order valence-electron chi connectivity index (χ2n) is 4.18. The first-order valence-corrected chi connectivity index (χ1v) is 5.60. The summed E-state index contributed by atoms with van der Waals surface area (Å²) in [7, 11) is 0. The molecule has 0 radical (unpaired) electrons. The van der Waals surface area contributed by atoms with Crippen LogP contribution in [0.4, 0.5) is 13.2 Å². The van der Waals surface area contributed by atoms with Crippen molar-refractivity contribution in [2.75, 3.05) is 26.2 Å². The van der Waals surface area contributed by atoms with Gasteiger partial charge in [0.1, 0.15) is 0 Å². The average Bonchev–Trinajstić information content (AvgIpc) is 2.79. The summed E-state index contributed by atoms with van der Waals surface area (Å²) in [6.07, 6.45) is -2.17. The minimum absolute atomic E-state index is 0. The van der Waals surface area contributed by atoms with Crippen molar-refractivity contribution in [1.82, 2.24) is 10.2 Å². The lowest BCUT2D eigenvalue weighted by Crippen LogP contribution is -2.46. The van der Waals surface area contributed by atoms with Gasteiger partial charge in [-0.15, -0.1) is 24.8 Å². The van der Waals surface area contributed by atoms with E-state index in [2.05, 4.69) is 5.32 Å². The molecule has 0 spiro atoms. The van der Waals surface area contributed by atoms with Crippen molar-refractivity contribution in [1.29, 1.82) is 0 Å². The molecule has 0 saturated carbocycles. The Kier molecular flexibility index (Phi) is 7.81. The summed E-state index contributed by atoms with van der Waals surface area (Å²) in [4.78, 5) is 1.86. The summed E-state index contributed by atoms with van der Waals surface area (Å²) in [5, 5.41) is 3.13. The van der Waals surface area contributed by atoms with E-state index < -0.39 is 18.6 Å². The smallest absolute Gasteiger partial charge is 0.390 e. The maximum Gasteiger partial charge on any atom is 0.390 e. The molecule has 1 fully saturated rings. The van der Waals surface area contributed by atoms with Gasteiger partial charge >= 0.3 is 6.18 Å². The maximum atomic E-state index is 12.6. The molecule has 0 bridgehead atoms. The van der Waals surface area contributed by atoms with Gasteiger partial charge in [0.25, 0.3) is 0 Å². The molecule has 1 aromatic heterocycles. The van der Waals surface area contributed by atoms with Gasteiger partial charge in [-0.25, -0.2) is 0 Å². The van der Waals surface area contributed by atoms with E-state index in [-0.39, 0.29) is 24.8 Å². The summed E-state index contributed by atoms with van der Waals surface area (Å²) in [6.45, 7) is 2.72. The number of piperazine rings is 1. The molecule has 0 aromatic carbocycles. The van der Waals surface area contributed by atoms with E-state index in [1.54, 1.807) is 6.07 Å². The highest BCUT2D eigenvalue weighted by Gasteiger charge is 2.36. The van der Waals surface area contributed by atoms with Gasteiger partial charge in [0, 0.05) is 37.8 Å². The van der Waals surface area contributed by atoms with E-state index in [9.17, 15) is 13.2 Å². The summed E-state index contributed by atoms with van der Waals surface area (Å²) in [5.74, 6) is 0. The molecule has 1 aromatic rings. The van der Waals surface area contributed by atoms with Crippen LogP contribution in [0, 0.1) is 0 Å². The Hall–Kier alpha value is -0.430. The minimum Gasteiger partial charge on any atom is -0.472 e. The van der Waals surface area contributed by atoms with Crippen molar-refractivity contribution in [2.24, 2.45) is 0 Å². The van der Waals surface area contributed by atoms with Gasteiger partial charge < -0.3 is 9.73 Å². The lowest BCUT2D eigenvalue weighted by molar-refractivity contribution is -0.148. The van der Waals surface area contributed by atoms with Gasteiger partial charge in [-0.2, -0.15) is 13.2 Å². The molecule has 3 nitrogen and oxygen atoms in total. The van der Waals surface area contributed by atoms with Crippen LogP contribution >= 0.6 is 24.8 Å². The van der Waals surface area contributed by atoms with Gasteiger partial charge in [0.2, 0.25) is 0 Å². The van der Waals surface area contributed by atoms with Crippen LogP contribution in [0.1, 0.15) is 18.0 Å². The van der Waals surface area contributed by atoms with Gasteiger partial charge in [0.15, 0.2) is 0 Å². The Balaban J connectivity index is 0.00000162. The van der Waals surface area contributed by atoms with Crippen LogP contribution in [0.3, 0.4) is 0 Å². The fourth-order valence-corrected chi connectivity index (χ4v) is 2.14. The zero-order valence-corrected chi connectivity index (χ0v) is 11.8. The molecule has 1 saturated heterocycles. The molecule has 0 aliphatic carbocycles. The highest BCUT2D eigenvalue weighted by atomic mass is 35.5. The van der Waals surface area contributed by atoms with Crippen LogP contribution in [0.5, 0.6) is 0 Å². The second-order valence-corrected chi connectivity index (χ2v) is 4.18. The maximum absolute atomic E-state index is 12.6. The van der Waals surface area contributed by atoms with E-state index in [1.807, 2.05) is 4.90 Å². The monoisotopic (exact) mass is 320 g/mol. The Morgan fingerprint density at radius 1 is 1.26 bits per heavy atom. The third kappa shape index (κ3) is 5.60. The molecule has 2 heterocycles. The van der Waals surface area contributed by atoms with Crippen molar-refractivity contribution in [3.63, 3.8) is 0 Å². The summed E-state index contributed by atoms with van der Waals surface area (Å²) in [6, 6.07) is 0.981. The predicted molar refractivity (Wildman–Crippen MR) is 71.1 cm³/mol. The third-order valence-corrected chi connectivity index (χ3v) is 2.95. The number of halogens is 5. The first-order chi connectivity index (χ1) is 8.06. The standard InChI is InChI=1S/C11H15F3N2O.2ClH/c12-11(13,14)7-10(9-1-6-17-8-9)16-4-2-15-3-5-16;;/h1,6,8,10,15H,2-5,7H2;2*1H/t10-;;/m1../s1. The molecule has 19 heavy (non-hydrogen) atoms. The van der Waals surface area contributed by atoms with Crippen LogP contribution in [0.15, 0.2) is 23.0 Å². The lowest BCUT2D eigenvalue weighted by atomic mass is 10.0. The van der Waals surface area contributed by atoms with Crippen molar-refractivity contribution < 1.29 is 17.6 Å². The molecule has 8 heteroatoms. The second kappa shape index (κ2) is 7.99. The third-order valence-electron chi connectivity index (χ3n) is 2.95. The highest BCUT2D eigenvalue weighted by molar-refractivity contribution is 5.85. The largest absolute Gasteiger partial charge is 0.472 e. The molecule has 0 amide bonds. The lowest BCUT2D eigenvalue weighted by Gasteiger charge is -2.34. The summed E-state index contributed by atoms with van der Waals surface area (Å²) in [5.41, 5.74) is 0.601. The van der Waals surface area contributed by atoms with Crippen LogP contribution < -0.4 is 5.32 Å². The molecular formula is C11H17Cl2F3N2O. The predicted octanol–water partition coefficient (Wildman–Crippen LogP) is 3.02. The van der Waals surface area contributed by atoms with Crippen LogP contribution in [-0.4, -0.2) is 37.3 Å². The quantitative estimate of drug-likeness (QED) is 0.928. The molecule has 1 N–H and O–H groups in total. The first kappa shape index (κ1) is 18.6. The van der Waals surface area contributed by atoms with Crippen molar-refractivity contribution in [2.45, 2.75) is 18.6 Å². The van der Waals surface area contributed by atoms with E-state index in [0.29, 0.717) is 18.7 Å². The number of alkyl halides is 3. The van der Waals surface area contributed by atoms with Crippen LogP contribution in [-0.2, 0) is 0 Å². The molecule has 1 aliphatic heterocycles. The number of furan rings is 1. The minimum atomic E-state index is -4.16. The number of rotatable bonds is 3. The van der Waals surface area contributed by atoms with Crippen LogP contribution in [0.2, 0.25) is 0 Å². The van der Waals surface area contributed by atoms with Gasteiger partial charge in [-0.3, -0.25) is 4.90 Å². The number of hydrogen-bond acceptors (Lipinski definition) is 3. The van der Waals surface area contributed by atoms with Crippen molar-refractivity contribution in [3.8, 4) is 0 Å². The highest BCUT2D eigenvalue weighted by Crippen LogP contribution is 2.34. The number of nitrogens with zero attached hydrogens (tertiary/aromatic N) is 1. The summed E-state index contributed by atoms with van der Waals surface area (Å²) >= 11 is 0. The van der Waals surface area contributed by atoms with E-state index in [4.69, 9.17) is 4.42 Å². The van der Waals surface area contributed by atoms with Crippen molar-refractivity contribution in [3.05, 3.63) is 24.2 Å². The Morgan fingerprint density at radius 2 is 1.89 bits per heavy atom. The number of nitrogens with one attached hydrogen (secondary N) is 1. The SMILES string of the molecule is Cl.Cl.FC(F)(F)C[C@H](c1ccoc1)N1CCNCC1. The van der Waals surface area contributed by atoms with Gasteiger partial charge in [-0.05, 0) is 6.07 Å². The molecule has 0 unspecified atom stereocenters. The molecular weight excluding hydrogens is 304 g/mol. The normalized spacial score (nSPS) is 18.3. The van der Waals surface area contributed by atoms with E-state index >= 15 is 0 Å². The van der Waals surface area contributed by atoms with Crippen molar-refractivity contribution >= 4 is 24.8 Å². The Labute approximate surface area is 122 Å². The molecule has 1 aliphatic rings.